The number of thiocarbonyl (C=S) groups is 1. The van der Waals surface area contributed by atoms with Crippen LogP contribution in [-0.2, 0) is 0 Å². The van der Waals surface area contributed by atoms with Crippen molar-refractivity contribution in [3.8, 4) is 12.1 Å². The van der Waals surface area contributed by atoms with E-state index in [0.717, 1.165) is 0 Å². The van der Waals surface area contributed by atoms with E-state index in [0.29, 0.717) is 16.8 Å². The molecule has 4 nitrogen and oxygen atoms in total. The lowest BCUT2D eigenvalue weighted by Crippen LogP contribution is -2.18. The van der Waals surface area contributed by atoms with Crippen molar-refractivity contribution in [2.45, 2.75) is 0 Å². The van der Waals surface area contributed by atoms with Crippen molar-refractivity contribution in [2.75, 3.05) is 5.32 Å². The van der Waals surface area contributed by atoms with Crippen LogP contribution in [0.1, 0.15) is 11.1 Å². The summed E-state index contributed by atoms with van der Waals surface area (Å²) in [5.41, 5.74) is 6.50. The van der Waals surface area contributed by atoms with Gasteiger partial charge in [0.15, 0.2) is 5.11 Å². The average molecular weight is 202 g/mol. The number of benzene rings is 1. The molecule has 1 aromatic carbocycles. The third kappa shape index (κ3) is 2.19. The summed E-state index contributed by atoms with van der Waals surface area (Å²) in [5, 5.41) is 20.2. The SMILES string of the molecule is N#Cc1ccc(NC(N)=S)cc1C#N. The molecule has 1 aromatic rings. The highest BCUT2D eigenvalue weighted by molar-refractivity contribution is 7.80. The van der Waals surface area contributed by atoms with Gasteiger partial charge in [-0.05, 0) is 30.4 Å². The van der Waals surface area contributed by atoms with Crippen molar-refractivity contribution in [3.63, 3.8) is 0 Å². The second-order valence-electron chi connectivity index (χ2n) is 2.47. The highest BCUT2D eigenvalue weighted by Gasteiger charge is 2.02. The monoisotopic (exact) mass is 202 g/mol. The molecule has 0 saturated heterocycles. The van der Waals surface area contributed by atoms with Crippen LogP contribution in [0.15, 0.2) is 18.2 Å². The van der Waals surface area contributed by atoms with Crippen molar-refractivity contribution < 1.29 is 0 Å². The third-order valence-electron chi connectivity index (χ3n) is 1.53. The second kappa shape index (κ2) is 4.22. The molecule has 0 aliphatic heterocycles. The molecule has 14 heavy (non-hydrogen) atoms. The van der Waals surface area contributed by atoms with Gasteiger partial charge in [0, 0.05) is 5.69 Å². The normalized spacial score (nSPS) is 8.43. The van der Waals surface area contributed by atoms with Crippen molar-refractivity contribution >= 4 is 23.0 Å². The van der Waals surface area contributed by atoms with Gasteiger partial charge in [-0.3, -0.25) is 0 Å². The van der Waals surface area contributed by atoms with Crippen LogP contribution in [0.3, 0.4) is 0 Å². The zero-order valence-corrected chi connectivity index (χ0v) is 7.93. The highest BCUT2D eigenvalue weighted by atomic mass is 32.1. The van der Waals surface area contributed by atoms with E-state index in [1.807, 2.05) is 12.1 Å². The zero-order chi connectivity index (χ0) is 10.6. The van der Waals surface area contributed by atoms with E-state index in [9.17, 15) is 0 Å². The van der Waals surface area contributed by atoms with E-state index in [1.165, 1.54) is 6.07 Å². The first-order valence-electron chi connectivity index (χ1n) is 3.68. The molecule has 0 radical (unpaired) electrons. The molecule has 0 aliphatic rings. The molecule has 0 aliphatic carbocycles. The molecule has 5 heteroatoms. The largest absolute Gasteiger partial charge is 0.376 e. The van der Waals surface area contributed by atoms with Crippen molar-refractivity contribution in [1.82, 2.24) is 0 Å². The number of hydrogen-bond donors (Lipinski definition) is 2. The second-order valence-corrected chi connectivity index (χ2v) is 2.91. The summed E-state index contributed by atoms with van der Waals surface area (Å²) in [4.78, 5) is 0. The average Bonchev–Trinajstić information content (AvgIpc) is 2.16. The number of rotatable bonds is 1. The van der Waals surface area contributed by atoms with E-state index in [-0.39, 0.29) is 5.11 Å². The first-order chi connectivity index (χ1) is 6.67. The zero-order valence-electron chi connectivity index (χ0n) is 7.11. The summed E-state index contributed by atoms with van der Waals surface area (Å²) in [6.45, 7) is 0. The van der Waals surface area contributed by atoms with Crippen LogP contribution < -0.4 is 11.1 Å². The van der Waals surface area contributed by atoms with E-state index < -0.39 is 0 Å². The topological polar surface area (TPSA) is 85.6 Å². The standard InChI is InChI=1S/C9H6N4S/c10-4-6-1-2-8(13-9(12)14)3-7(6)5-11/h1-3H,(H3,12,13,14). The molecule has 0 aromatic heterocycles. The number of nitrogens with two attached hydrogens (primary N) is 1. The van der Waals surface area contributed by atoms with E-state index in [2.05, 4.69) is 17.5 Å². The maximum Gasteiger partial charge on any atom is 0.168 e. The van der Waals surface area contributed by atoms with Gasteiger partial charge >= 0.3 is 0 Å². The van der Waals surface area contributed by atoms with E-state index >= 15 is 0 Å². The molecule has 0 fully saturated rings. The Bertz CT molecular complexity index is 453. The van der Waals surface area contributed by atoms with Crippen LogP contribution in [0, 0.1) is 22.7 Å². The molecular formula is C9H6N4S. The highest BCUT2D eigenvalue weighted by Crippen LogP contribution is 2.14. The van der Waals surface area contributed by atoms with Crippen LogP contribution in [-0.4, -0.2) is 5.11 Å². The fraction of sp³-hybridized carbons (Fsp3) is 0. The molecule has 0 bridgehead atoms. The minimum atomic E-state index is 0.124. The Morgan fingerprint density at radius 3 is 2.43 bits per heavy atom. The Kier molecular flexibility index (Phi) is 3.01. The molecule has 0 spiro atoms. The van der Waals surface area contributed by atoms with Gasteiger partial charge in [-0.25, -0.2) is 0 Å². The van der Waals surface area contributed by atoms with E-state index in [1.54, 1.807) is 12.1 Å². The first kappa shape index (κ1) is 9.97. The van der Waals surface area contributed by atoms with Gasteiger partial charge in [0.1, 0.15) is 12.1 Å². The smallest absolute Gasteiger partial charge is 0.168 e. The number of hydrogen-bond acceptors (Lipinski definition) is 3. The summed E-state index contributed by atoms with van der Waals surface area (Å²) in [5.74, 6) is 0. The van der Waals surface area contributed by atoms with Gasteiger partial charge in [0.25, 0.3) is 0 Å². The van der Waals surface area contributed by atoms with Crippen molar-refractivity contribution in [3.05, 3.63) is 29.3 Å². The van der Waals surface area contributed by atoms with Crippen molar-refractivity contribution in [2.24, 2.45) is 5.73 Å². The predicted molar refractivity (Wildman–Crippen MR) is 56.3 cm³/mol. The summed E-state index contributed by atoms with van der Waals surface area (Å²) in [6.07, 6.45) is 0. The van der Waals surface area contributed by atoms with Crippen LogP contribution in [0.2, 0.25) is 0 Å². The third-order valence-corrected chi connectivity index (χ3v) is 1.63. The maximum absolute atomic E-state index is 8.72. The molecule has 0 amide bonds. The van der Waals surface area contributed by atoms with E-state index in [4.69, 9.17) is 16.3 Å². The van der Waals surface area contributed by atoms with Gasteiger partial charge in [-0.15, -0.1) is 0 Å². The van der Waals surface area contributed by atoms with Gasteiger partial charge in [0.05, 0.1) is 11.1 Å². The molecule has 3 N–H and O–H groups in total. The Balaban J connectivity index is 3.11. The Morgan fingerprint density at radius 1 is 1.29 bits per heavy atom. The summed E-state index contributed by atoms with van der Waals surface area (Å²) < 4.78 is 0. The summed E-state index contributed by atoms with van der Waals surface area (Å²) in [6, 6.07) is 8.53. The molecule has 0 atom stereocenters. The molecule has 1 rings (SSSR count). The van der Waals surface area contributed by atoms with Gasteiger partial charge < -0.3 is 11.1 Å². The lowest BCUT2D eigenvalue weighted by atomic mass is 10.1. The maximum atomic E-state index is 8.72. The fourth-order valence-electron chi connectivity index (χ4n) is 0.954. The number of anilines is 1. The minimum absolute atomic E-state index is 0.124. The predicted octanol–water partition coefficient (Wildman–Crippen LogP) is 1.09. The Morgan fingerprint density at radius 2 is 1.93 bits per heavy atom. The quantitative estimate of drug-likeness (QED) is 0.666. The van der Waals surface area contributed by atoms with Crippen LogP contribution in [0.25, 0.3) is 0 Å². The lowest BCUT2D eigenvalue weighted by Gasteiger charge is -2.03. The summed E-state index contributed by atoms with van der Waals surface area (Å²) in [7, 11) is 0. The number of nitrogens with zero attached hydrogens (tertiary/aromatic N) is 2. The lowest BCUT2D eigenvalue weighted by molar-refractivity contribution is 1.43. The molecule has 0 unspecified atom stereocenters. The van der Waals surface area contributed by atoms with Gasteiger partial charge in [-0.1, -0.05) is 0 Å². The van der Waals surface area contributed by atoms with Crippen LogP contribution >= 0.6 is 12.2 Å². The van der Waals surface area contributed by atoms with Crippen molar-refractivity contribution in [1.29, 1.82) is 10.5 Å². The Hall–Kier alpha value is -2.11. The fourth-order valence-corrected chi connectivity index (χ4v) is 1.07. The molecule has 0 heterocycles. The first-order valence-corrected chi connectivity index (χ1v) is 4.09. The minimum Gasteiger partial charge on any atom is -0.376 e. The van der Waals surface area contributed by atoms with Gasteiger partial charge in [-0.2, -0.15) is 10.5 Å². The molecule has 68 valence electrons. The number of nitrogens with one attached hydrogen (secondary N) is 1. The van der Waals surface area contributed by atoms with Crippen LogP contribution in [0.4, 0.5) is 5.69 Å². The number of nitriles is 2. The Labute approximate surface area is 86.6 Å². The summed E-state index contributed by atoms with van der Waals surface area (Å²) >= 11 is 4.64. The van der Waals surface area contributed by atoms with Crippen LogP contribution in [0.5, 0.6) is 0 Å². The molecule has 0 saturated carbocycles. The van der Waals surface area contributed by atoms with Gasteiger partial charge in [0.2, 0.25) is 0 Å². The molecular weight excluding hydrogens is 196 g/mol.